The molecule has 0 saturated carbocycles. The van der Waals surface area contributed by atoms with E-state index in [1.165, 1.54) is 11.4 Å². The summed E-state index contributed by atoms with van der Waals surface area (Å²) >= 11 is 0. The monoisotopic (exact) mass is 438 g/mol. The van der Waals surface area contributed by atoms with Crippen molar-refractivity contribution >= 4 is 17.7 Å². The summed E-state index contributed by atoms with van der Waals surface area (Å²) in [4.78, 5) is 34.2. The number of hydrogen-bond donors (Lipinski definition) is 0. The molecule has 2 aliphatic rings. The van der Waals surface area contributed by atoms with Crippen LogP contribution in [0.25, 0.3) is 5.69 Å². The predicted octanol–water partition coefficient (Wildman–Crippen LogP) is 3.51. The molecule has 0 spiro atoms. The number of piperidine rings is 2. The lowest BCUT2D eigenvalue weighted by Gasteiger charge is -2.38. The van der Waals surface area contributed by atoms with Crippen molar-refractivity contribution in [3.8, 4) is 5.69 Å². The molecule has 2 aliphatic heterocycles. The van der Waals surface area contributed by atoms with Gasteiger partial charge in [0, 0.05) is 49.7 Å². The number of esters is 1. The van der Waals surface area contributed by atoms with Crippen LogP contribution in [0.2, 0.25) is 0 Å². The van der Waals surface area contributed by atoms with Crippen LogP contribution in [-0.2, 0) is 14.3 Å². The van der Waals surface area contributed by atoms with Crippen LogP contribution in [0.15, 0.2) is 30.5 Å². The summed E-state index contributed by atoms with van der Waals surface area (Å²) < 4.78 is 7.42. The molecule has 2 saturated heterocycles. The lowest BCUT2D eigenvalue weighted by molar-refractivity contribution is -0.152. The molecule has 0 radical (unpaired) electrons. The number of aromatic nitrogens is 2. The van der Waals surface area contributed by atoms with Gasteiger partial charge in [0.05, 0.1) is 18.2 Å². The second-order valence-corrected chi connectivity index (χ2v) is 8.93. The molecule has 7 heteroatoms. The molecule has 172 valence electrons. The fraction of sp³-hybridized carbons (Fsp3) is 0.560. The summed E-state index contributed by atoms with van der Waals surface area (Å²) in [6.07, 6.45) is 5.12. The second-order valence-electron chi connectivity index (χ2n) is 8.93. The Hall–Kier alpha value is -2.83. The van der Waals surface area contributed by atoms with Gasteiger partial charge in [-0.05, 0) is 70.7 Å². The molecular formula is C25H34N4O3. The van der Waals surface area contributed by atoms with Crippen LogP contribution in [0.3, 0.4) is 0 Å². The first kappa shape index (κ1) is 22.4. The Morgan fingerprint density at radius 1 is 1.03 bits per heavy atom. The highest BCUT2D eigenvalue weighted by Crippen LogP contribution is 2.30. The first-order valence-electron chi connectivity index (χ1n) is 11.8. The normalized spacial score (nSPS) is 19.8. The summed E-state index contributed by atoms with van der Waals surface area (Å²) in [6.45, 7) is 9.26. The zero-order valence-corrected chi connectivity index (χ0v) is 19.4. The van der Waals surface area contributed by atoms with Gasteiger partial charge in [-0.2, -0.15) is 0 Å². The molecule has 4 rings (SSSR count). The number of anilines is 1. The Labute approximate surface area is 190 Å². The molecule has 4 heterocycles. The van der Waals surface area contributed by atoms with E-state index in [4.69, 9.17) is 9.72 Å². The van der Waals surface area contributed by atoms with Crippen molar-refractivity contribution in [3.63, 3.8) is 0 Å². The summed E-state index contributed by atoms with van der Waals surface area (Å²) in [7, 11) is 0. The first-order valence-corrected chi connectivity index (χ1v) is 11.8. The van der Waals surface area contributed by atoms with Crippen molar-refractivity contribution in [2.75, 3.05) is 37.7 Å². The van der Waals surface area contributed by atoms with E-state index in [1.807, 2.05) is 24.1 Å². The number of aryl methyl sites for hydroxylation is 2. The number of hydrogen-bond acceptors (Lipinski definition) is 5. The minimum atomic E-state index is -0.183. The lowest BCUT2D eigenvalue weighted by Crippen LogP contribution is -2.47. The van der Waals surface area contributed by atoms with E-state index < -0.39 is 0 Å². The number of nitrogens with zero attached hydrogens (tertiary/aromatic N) is 4. The summed E-state index contributed by atoms with van der Waals surface area (Å²) in [5.41, 5.74) is 3.46. The topological polar surface area (TPSA) is 67.7 Å². The molecule has 0 unspecified atom stereocenters. The molecule has 0 bridgehead atoms. The first-order chi connectivity index (χ1) is 15.5. The molecule has 1 amide bonds. The quantitative estimate of drug-likeness (QED) is 0.669. The van der Waals surface area contributed by atoms with E-state index >= 15 is 0 Å². The number of carbonyl (C=O) groups excluding carboxylic acids is 2. The van der Waals surface area contributed by atoms with Gasteiger partial charge in [0.15, 0.2) is 5.82 Å². The van der Waals surface area contributed by atoms with Crippen molar-refractivity contribution in [2.24, 2.45) is 11.8 Å². The van der Waals surface area contributed by atoms with Crippen LogP contribution in [0, 0.1) is 25.7 Å². The number of likely N-dealkylation sites (tertiary alicyclic amines) is 1. The highest BCUT2D eigenvalue weighted by molar-refractivity contribution is 5.81. The maximum Gasteiger partial charge on any atom is 0.310 e. The van der Waals surface area contributed by atoms with Crippen molar-refractivity contribution in [2.45, 2.75) is 46.5 Å². The van der Waals surface area contributed by atoms with Crippen LogP contribution in [0.4, 0.5) is 5.82 Å². The van der Waals surface area contributed by atoms with Gasteiger partial charge < -0.3 is 19.1 Å². The van der Waals surface area contributed by atoms with Crippen LogP contribution in [0.1, 0.15) is 44.0 Å². The molecule has 0 aromatic carbocycles. The SMILES string of the molecule is CCOC(=O)[C@@H]1CCCN(C(=O)C2CCN(c3ncccc3-n3c(C)ccc3C)CC2)C1. The fourth-order valence-electron chi connectivity index (χ4n) is 5.08. The maximum absolute atomic E-state index is 13.2. The Morgan fingerprint density at radius 3 is 2.44 bits per heavy atom. The van der Waals surface area contributed by atoms with Crippen molar-refractivity contribution in [1.29, 1.82) is 0 Å². The fourth-order valence-corrected chi connectivity index (χ4v) is 5.08. The zero-order chi connectivity index (χ0) is 22.7. The Kier molecular flexibility index (Phi) is 6.82. The van der Waals surface area contributed by atoms with Gasteiger partial charge in [-0.15, -0.1) is 0 Å². The zero-order valence-electron chi connectivity index (χ0n) is 19.4. The van der Waals surface area contributed by atoms with E-state index in [1.54, 1.807) is 0 Å². The molecule has 0 N–H and O–H groups in total. The standard InChI is InChI=1S/C25H34N4O3/c1-4-32-25(31)21-7-6-14-28(17-21)24(30)20-11-15-27(16-12-20)23-22(8-5-13-26-23)29-18(2)9-10-19(29)3/h5,8-10,13,20-21H,4,6-7,11-12,14-17H2,1-3H3/t21-/m1/s1. The highest BCUT2D eigenvalue weighted by Gasteiger charge is 2.34. The summed E-state index contributed by atoms with van der Waals surface area (Å²) in [6, 6.07) is 8.34. The molecule has 2 aromatic heterocycles. The van der Waals surface area contributed by atoms with Crippen LogP contribution >= 0.6 is 0 Å². The van der Waals surface area contributed by atoms with E-state index in [-0.39, 0.29) is 23.7 Å². The molecule has 7 nitrogen and oxygen atoms in total. The van der Waals surface area contributed by atoms with Gasteiger partial charge in [-0.25, -0.2) is 4.98 Å². The number of carbonyl (C=O) groups is 2. The third kappa shape index (κ3) is 4.52. The largest absolute Gasteiger partial charge is 0.466 e. The highest BCUT2D eigenvalue weighted by atomic mass is 16.5. The van der Waals surface area contributed by atoms with Crippen LogP contribution < -0.4 is 4.90 Å². The van der Waals surface area contributed by atoms with Gasteiger partial charge in [-0.3, -0.25) is 9.59 Å². The second kappa shape index (κ2) is 9.76. The third-order valence-electron chi connectivity index (χ3n) is 6.77. The van der Waals surface area contributed by atoms with E-state index in [9.17, 15) is 9.59 Å². The van der Waals surface area contributed by atoms with E-state index in [0.29, 0.717) is 13.2 Å². The van der Waals surface area contributed by atoms with Crippen LogP contribution in [-0.4, -0.2) is 59.1 Å². The summed E-state index contributed by atoms with van der Waals surface area (Å²) in [5.74, 6) is 0.822. The molecule has 1 atom stereocenters. The van der Waals surface area contributed by atoms with Crippen molar-refractivity contribution < 1.29 is 14.3 Å². The molecule has 0 aliphatic carbocycles. The Bertz CT molecular complexity index is 942. The minimum absolute atomic E-state index is 0.00871. The van der Waals surface area contributed by atoms with Gasteiger partial charge in [0.1, 0.15) is 0 Å². The van der Waals surface area contributed by atoms with Gasteiger partial charge in [0.25, 0.3) is 0 Å². The number of amides is 1. The smallest absolute Gasteiger partial charge is 0.310 e. The lowest BCUT2D eigenvalue weighted by atomic mass is 9.92. The summed E-state index contributed by atoms with van der Waals surface area (Å²) in [5, 5.41) is 0. The van der Waals surface area contributed by atoms with Crippen LogP contribution in [0.5, 0.6) is 0 Å². The number of ether oxygens (including phenoxy) is 1. The number of rotatable bonds is 5. The maximum atomic E-state index is 13.2. The minimum Gasteiger partial charge on any atom is -0.466 e. The third-order valence-corrected chi connectivity index (χ3v) is 6.77. The number of pyridine rings is 1. The van der Waals surface area contributed by atoms with Crippen molar-refractivity contribution in [3.05, 3.63) is 41.9 Å². The van der Waals surface area contributed by atoms with Gasteiger partial charge in [-0.1, -0.05) is 0 Å². The molecule has 32 heavy (non-hydrogen) atoms. The van der Waals surface area contributed by atoms with Gasteiger partial charge >= 0.3 is 5.97 Å². The van der Waals surface area contributed by atoms with E-state index in [2.05, 4.69) is 41.5 Å². The Morgan fingerprint density at radius 2 is 1.75 bits per heavy atom. The predicted molar refractivity (Wildman–Crippen MR) is 124 cm³/mol. The van der Waals surface area contributed by atoms with Crippen molar-refractivity contribution in [1.82, 2.24) is 14.5 Å². The molecule has 2 aromatic rings. The average molecular weight is 439 g/mol. The molecular weight excluding hydrogens is 404 g/mol. The van der Waals surface area contributed by atoms with Gasteiger partial charge in [0.2, 0.25) is 5.91 Å². The average Bonchev–Trinajstić information content (AvgIpc) is 3.16. The molecule has 2 fully saturated rings. The Balaban J connectivity index is 1.41. The van der Waals surface area contributed by atoms with E-state index in [0.717, 1.165) is 56.8 Å².